The maximum absolute atomic E-state index is 13.6. The first-order valence-corrected chi connectivity index (χ1v) is 9.10. The number of halogens is 1. The molecule has 144 valence electrons. The van der Waals surface area contributed by atoms with Crippen LogP contribution in [-0.4, -0.2) is 36.7 Å². The molecule has 0 saturated carbocycles. The lowest BCUT2D eigenvalue weighted by molar-refractivity contribution is -0.117. The molecule has 1 saturated heterocycles. The molecule has 0 spiro atoms. The molecule has 1 amide bonds. The number of aryl methyl sites for hydroxylation is 1. The van der Waals surface area contributed by atoms with Crippen molar-refractivity contribution in [1.29, 1.82) is 0 Å². The Bertz CT molecular complexity index is 1010. The second-order valence-electron chi connectivity index (χ2n) is 7.24. The summed E-state index contributed by atoms with van der Waals surface area (Å²) in [6.45, 7) is 2.26. The third kappa shape index (κ3) is 3.35. The van der Waals surface area contributed by atoms with Crippen LogP contribution in [0.15, 0.2) is 47.0 Å². The van der Waals surface area contributed by atoms with E-state index in [9.17, 15) is 9.18 Å². The molecular weight excluding hydrogens is 359 g/mol. The highest BCUT2D eigenvalue weighted by Gasteiger charge is 2.35. The van der Waals surface area contributed by atoms with Gasteiger partial charge in [0.05, 0.1) is 0 Å². The van der Waals surface area contributed by atoms with Crippen molar-refractivity contribution < 1.29 is 13.7 Å². The van der Waals surface area contributed by atoms with Gasteiger partial charge in [-0.15, -0.1) is 0 Å². The normalized spacial score (nSPS) is 16.6. The van der Waals surface area contributed by atoms with E-state index in [1.54, 1.807) is 11.0 Å². The van der Waals surface area contributed by atoms with Crippen LogP contribution in [0.5, 0.6) is 0 Å². The molecular formula is C21H21FN4O2. The second-order valence-corrected chi connectivity index (χ2v) is 7.24. The van der Waals surface area contributed by atoms with Crippen LogP contribution in [0, 0.1) is 12.7 Å². The van der Waals surface area contributed by atoms with E-state index in [1.807, 2.05) is 50.2 Å². The smallest absolute Gasteiger partial charge is 0.257 e. The Morgan fingerprint density at radius 2 is 1.93 bits per heavy atom. The van der Waals surface area contributed by atoms with E-state index < -0.39 is 0 Å². The number of rotatable bonds is 4. The summed E-state index contributed by atoms with van der Waals surface area (Å²) in [5.74, 6) is 0.304. The van der Waals surface area contributed by atoms with E-state index >= 15 is 0 Å². The van der Waals surface area contributed by atoms with Crippen LogP contribution in [0.2, 0.25) is 0 Å². The van der Waals surface area contributed by atoms with Crippen molar-refractivity contribution in [2.24, 2.45) is 0 Å². The number of carbonyl (C=O) groups is 1. The van der Waals surface area contributed by atoms with E-state index in [0.29, 0.717) is 23.9 Å². The zero-order valence-corrected chi connectivity index (χ0v) is 16.0. The number of carbonyl (C=O) groups excluding carboxylic acids is 1. The van der Waals surface area contributed by atoms with Crippen molar-refractivity contribution in [2.75, 3.05) is 30.4 Å². The SMILES string of the molecule is Cc1ccc(F)cc1N1CC(c2noc(-c3ccc(N(C)C)cc3)n2)CC1=O. The minimum absolute atomic E-state index is 0.0691. The van der Waals surface area contributed by atoms with Gasteiger partial charge in [0.2, 0.25) is 5.91 Å². The van der Waals surface area contributed by atoms with Gasteiger partial charge in [-0.1, -0.05) is 11.2 Å². The number of hydrogen-bond acceptors (Lipinski definition) is 5. The van der Waals surface area contributed by atoms with Crippen molar-refractivity contribution in [3.63, 3.8) is 0 Å². The Hall–Kier alpha value is -3.22. The fourth-order valence-corrected chi connectivity index (χ4v) is 3.41. The van der Waals surface area contributed by atoms with Crippen LogP contribution in [-0.2, 0) is 4.79 Å². The molecule has 1 aliphatic heterocycles. The molecule has 1 unspecified atom stereocenters. The van der Waals surface area contributed by atoms with Crippen molar-refractivity contribution in [3.05, 3.63) is 59.7 Å². The summed E-state index contributed by atoms with van der Waals surface area (Å²) < 4.78 is 19.1. The van der Waals surface area contributed by atoms with Crippen LogP contribution in [0.1, 0.15) is 23.7 Å². The van der Waals surface area contributed by atoms with Gasteiger partial charge >= 0.3 is 0 Å². The monoisotopic (exact) mass is 380 g/mol. The molecule has 1 aromatic heterocycles. The topological polar surface area (TPSA) is 62.5 Å². The fourth-order valence-electron chi connectivity index (χ4n) is 3.41. The molecule has 28 heavy (non-hydrogen) atoms. The number of amides is 1. The molecule has 3 aromatic rings. The summed E-state index contributed by atoms with van der Waals surface area (Å²) in [6.07, 6.45) is 0.272. The Labute approximate surface area is 162 Å². The minimum Gasteiger partial charge on any atom is -0.378 e. The van der Waals surface area contributed by atoms with Gasteiger partial charge in [-0.05, 0) is 48.9 Å². The third-order valence-corrected chi connectivity index (χ3v) is 5.02. The molecule has 7 heteroatoms. The Morgan fingerprint density at radius 3 is 2.64 bits per heavy atom. The van der Waals surface area contributed by atoms with Crippen LogP contribution in [0.25, 0.3) is 11.5 Å². The van der Waals surface area contributed by atoms with Crippen LogP contribution >= 0.6 is 0 Å². The van der Waals surface area contributed by atoms with Gasteiger partial charge in [0, 0.05) is 49.9 Å². The summed E-state index contributed by atoms with van der Waals surface area (Å²) >= 11 is 0. The molecule has 6 nitrogen and oxygen atoms in total. The number of benzene rings is 2. The highest BCUT2D eigenvalue weighted by Crippen LogP contribution is 2.33. The standard InChI is InChI=1S/C21H21FN4O2/c1-13-4-7-16(22)11-18(13)26-12-15(10-19(26)27)20-23-21(28-24-20)14-5-8-17(9-6-14)25(2)3/h4-9,11,15H,10,12H2,1-3H3. The second kappa shape index (κ2) is 7.07. The average molecular weight is 380 g/mol. The van der Waals surface area contributed by atoms with Gasteiger partial charge < -0.3 is 14.3 Å². The van der Waals surface area contributed by atoms with Crippen molar-refractivity contribution in [3.8, 4) is 11.5 Å². The Kier molecular flexibility index (Phi) is 4.58. The molecule has 2 aromatic carbocycles. The van der Waals surface area contributed by atoms with Gasteiger partial charge in [-0.3, -0.25) is 4.79 Å². The minimum atomic E-state index is -0.361. The molecule has 0 bridgehead atoms. The summed E-state index contributed by atoms with van der Waals surface area (Å²) in [6, 6.07) is 12.3. The Balaban J connectivity index is 1.55. The van der Waals surface area contributed by atoms with Gasteiger partial charge in [0.1, 0.15) is 5.82 Å². The predicted octanol–water partition coefficient (Wildman–Crippen LogP) is 3.77. The molecule has 4 rings (SSSR count). The number of aromatic nitrogens is 2. The van der Waals surface area contributed by atoms with Crippen molar-refractivity contribution >= 4 is 17.3 Å². The van der Waals surface area contributed by atoms with E-state index in [4.69, 9.17) is 4.52 Å². The van der Waals surface area contributed by atoms with Crippen LogP contribution in [0.4, 0.5) is 15.8 Å². The lowest BCUT2D eigenvalue weighted by Gasteiger charge is -2.18. The van der Waals surface area contributed by atoms with Crippen LogP contribution < -0.4 is 9.80 Å². The molecule has 1 fully saturated rings. The largest absolute Gasteiger partial charge is 0.378 e. The number of hydrogen-bond donors (Lipinski definition) is 0. The molecule has 1 atom stereocenters. The first-order chi connectivity index (χ1) is 13.4. The summed E-state index contributed by atoms with van der Waals surface area (Å²) in [5.41, 5.74) is 3.35. The van der Waals surface area contributed by atoms with Gasteiger partial charge in [0.25, 0.3) is 5.89 Å². The van der Waals surface area contributed by atoms with Gasteiger partial charge in [0.15, 0.2) is 5.82 Å². The zero-order valence-electron chi connectivity index (χ0n) is 16.0. The van der Waals surface area contributed by atoms with E-state index in [-0.39, 0.29) is 24.1 Å². The summed E-state index contributed by atoms with van der Waals surface area (Å²) in [4.78, 5) is 20.6. The lowest BCUT2D eigenvalue weighted by atomic mass is 10.1. The van der Waals surface area contributed by atoms with Gasteiger partial charge in [-0.25, -0.2) is 4.39 Å². The maximum atomic E-state index is 13.6. The first kappa shape index (κ1) is 18.2. The maximum Gasteiger partial charge on any atom is 0.257 e. The quantitative estimate of drug-likeness (QED) is 0.689. The number of nitrogens with zero attached hydrogens (tertiary/aromatic N) is 4. The highest BCUT2D eigenvalue weighted by molar-refractivity contribution is 5.97. The average Bonchev–Trinajstić information content (AvgIpc) is 3.31. The fraction of sp³-hybridized carbons (Fsp3) is 0.286. The van der Waals surface area contributed by atoms with E-state index in [1.165, 1.54) is 12.1 Å². The van der Waals surface area contributed by atoms with E-state index in [0.717, 1.165) is 16.8 Å². The lowest BCUT2D eigenvalue weighted by Crippen LogP contribution is -2.25. The summed E-state index contributed by atoms with van der Waals surface area (Å²) in [5, 5.41) is 4.09. The molecule has 2 heterocycles. The van der Waals surface area contributed by atoms with Crippen molar-refractivity contribution in [1.82, 2.24) is 10.1 Å². The summed E-state index contributed by atoms with van der Waals surface area (Å²) in [7, 11) is 3.95. The van der Waals surface area contributed by atoms with E-state index in [2.05, 4.69) is 10.1 Å². The number of anilines is 2. The molecule has 0 N–H and O–H groups in total. The Morgan fingerprint density at radius 1 is 1.18 bits per heavy atom. The van der Waals surface area contributed by atoms with Crippen LogP contribution in [0.3, 0.4) is 0 Å². The molecule has 0 radical (unpaired) electrons. The zero-order chi connectivity index (χ0) is 19.8. The highest BCUT2D eigenvalue weighted by atomic mass is 19.1. The predicted molar refractivity (Wildman–Crippen MR) is 105 cm³/mol. The third-order valence-electron chi connectivity index (χ3n) is 5.02. The van der Waals surface area contributed by atoms with Crippen molar-refractivity contribution in [2.45, 2.75) is 19.3 Å². The molecule has 0 aliphatic carbocycles. The molecule has 1 aliphatic rings. The van der Waals surface area contributed by atoms with Gasteiger partial charge in [-0.2, -0.15) is 4.98 Å². The first-order valence-electron chi connectivity index (χ1n) is 9.10.